The summed E-state index contributed by atoms with van der Waals surface area (Å²) in [6.07, 6.45) is 8.09. The summed E-state index contributed by atoms with van der Waals surface area (Å²) in [5.74, 6) is 3.08. The summed E-state index contributed by atoms with van der Waals surface area (Å²) in [6, 6.07) is 23.0. The molecule has 0 aromatic heterocycles. The van der Waals surface area contributed by atoms with E-state index in [2.05, 4.69) is 18.9 Å². The van der Waals surface area contributed by atoms with Crippen molar-refractivity contribution >= 4 is 11.5 Å². The van der Waals surface area contributed by atoms with Crippen LogP contribution in [0.3, 0.4) is 0 Å². The summed E-state index contributed by atoms with van der Waals surface area (Å²) in [7, 11) is 0. The van der Waals surface area contributed by atoms with Crippen LogP contribution >= 0.6 is 0 Å². The first-order valence-electron chi connectivity index (χ1n) is 10.3. The first-order valence-corrected chi connectivity index (χ1v) is 10.3. The number of rotatable bonds is 8. The molecule has 0 saturated heterocycles. The summed E-state index contributed by atoms with van der Waals surface area (Å²) < 4.78 is 11.4. The van der Waals surface area contributed by atoms with Gasteiger partial charge in [0, 0.05) is 0 Å². The molecule has 0 amide bonds. The maximum Gasteiger partial charge on any atom is 0.338 e. The number of aryl methyl sites for hydroxylation is 1. The topological polar surface area (TPSA) is 35.5 Å². The molecule has 0 aliphatic carbocycles. The molecule has 3 heteroatoms. The Hall–Kier alpha value is -3.77. The van der Waals surface area contributed by atoms with Crippen LogP contribution < -0.4 is 4.74 Å². The molecule has 3 rings (SSSR count). The molecule has 3 aromatic carbocycles. The van der Waals surface area contributed by atoms with E-state index in [-0.39, 0.29) is 12.6 Å². The highest BCUT2D eigenvalue weighted by atomic mass is 16.5. The highest BCUT2D eigenvalue weighted by Gasteiger charge is 2.08. The molecule has 0 saturated carbocycles. The maximum atomic E-state index is 12.1. The summed E-state index contributed by atoms with van der Waals surface area (Å²) in [6.45, 7) is 4.78. The van der Waals surface area contributed by atoms with Gasteiger partial charge >= 0.3 is 5.97 Å². The van der Waals surface area contributed by atoms with Crippen molar-refractivity contribution < 1.29 is 14.3 Å². The van der Waals surface area contributed by atoms with E-state index in [0.717, 1.165) is 40.0 Å². The molecular formula is C28H26O3. The average molecular weight is 411 g/mol. The molecule has 0 aliphatic heterocycles. The van der Waals surface area contributed by atoms with Crippen molar-refractivity contribution in [2.24, 2.45) is 0 Å². The van der Waals surface area contributed by atoms with E-state index in [1.807, 2.05) is 61.5 Å². The van der Waals surface area contributed by atoms with Gasteiger partial charge in [0.05, 0.1) is 5.56 Å². The zero-order valence-electron chi connectivity index (χ0n) is 17.9. The molecule has 0 spiro atoms. The van der Waals surface area contributed by atoms with E-state index in [1.54, 1.807) is 18.2 Å². The molecule has 0 heterocycles. The van der Waals surface area contributed by atoms with E-state index in [0.29, 0.717) is 12.2 Å². The van der Waals surface area contributed by atoms with Crippen molar-refractivity contribution in [2.75, 3.05) is 0 Å². The molecule has 31 heavy (non-hydrogen) atoms. The molecule has 3 aromatic rings. The predicted molar refractivity (Wildman–Crippen MR) is 125 cm³/mol. The Balaban J connectivity index is 1.60. The normalized spacial score (nSPS) is 10.9. The van der Waals surface area contributed by atoms with E-state index < -0.39 is 0 Å². The van der Waals surface area contributed by atoms with Gasteiger partial charge in [-0.05, 0) is 71.5 Å². The average Bonchev–Trinajstić information content (AvgIpc) is 2.81. The van der Waals surface area contributed by atoms with Gasteiger partial charge in [-0.25, -0.2) is 4.79 Å². The Labute approximate surface area is 184 Å². The van der Waals surface area contributed by atoms with Gasteiger partial charge in [-0.15, -0.1) is 6.42 Å². The second-order valence-corrected chi connectivity index (χ2v) is 7.21. The predicted octanol–water partition coefficient (Wildman–Crippen LogP) is 6.36. The standard InChI is InChI=1S/C28H26O3/c1-4-10-23(5-2)25-13-9-14-27(18-25)30-19-22-15-16-26(21(3)17-22)20-31-28(29)24-11-7-6-8-12-24/h1,6-18H,5,19-20H2,2-3H3/b23-10+. The molecule has 0 bridgehead atoms. The number of hydrogen-bond acceptors (Lipinski definition) is 3. The van der Waals surface area contributed by atoms with Crippen molar-refractivity contribution in [3.8, 4) is 18.1 Å². The third kappa shape index (κ3) is 6.10. The highest BCUT2D eigenvalue weighted by molar-refractivity contribution is 5.89. The second kappa shape index (κ2) is 10.8. The summed E-state index contributed by atoms with van der Waals surface area (Å²) >= 11 is 0. The van der Waals surface area contributed by atoms with E-state index in [1.165, 1.54) is 0 Å². The van der Waals surface area contributed by atoms with Gasteiger partial charge in [0.2, 0.25) is 0 Å². The number of allylic oxidation sites excluding steroid dienone is 2. The van der Waals surface area contributed by atoms with Crippen molar-refractivity contribution in [3.63, 3.8) is 0 Å². The Morgan fingerprint density at radius 1 is 0.968 bits per heavy atom. The maximum absolute atomic E-state index is 12.1. The number of ether oxygens (including phenoxy) is 2. The van der Waals surface area contributed by atoms with E-state index in [4.69, 9.17) is 15.9 Å². The van der Waals surface area contributed by atoms with Gasteiger partial charge in [-0.1, -0.05) is 61.4 Å². The van der Waals surface area contributed by atoms with Gasteiger partial charge < -0.3 is 9.47 Å². The molecule has 0 N–H and O–H groups in total. The quantitative estimate of drug-likeness (QED) is 0.320. The SMILES string of the molecule is C#C/C=C(\CC)c1cccc(OCc2ccc(COC(=O)c3ccccc3)c(C)c2)c1. The Morgan fingerprint density at radius 3 is 2.45 bits per heavy atom. The fourth-order valence-corrected chi connectivity index (χ4v) is 3.25. The van der Waals surface area contributed by atoms with Gasteiger partial charge in [-0.2, -0.15) is 0 Å². The van der Waals surface area contributed by atoms with Crippen LogP contribution in [-0.4, -0.2) is 5.97 Å². The summed E-state index contributed by atoms with van der Waals surface area (Å²) in [5, 5.41) is 0. The van der Waals surface area contributed by atoms with Gasteiger partial charge in [0.15, 0.2) is 0 Å². The molecule has 0 unspecified atom stereocenters. The van der Waals surface area contributed by atoms with Crippen molar-refractivity contribution in [1.82, 2.24) is 0 Å². The number of esters is 1. The first-order chi connectivity index (χ1) is 15.1. The highest BCUT2D eigenvalue weighted by Crippen LogP contribution is 2.23. The van der Waals surface area contributed by atoms with E-state index >= 15 is 0 Å². The minimum atomic E-state index is -0.322. The molecule has 3 nitrogen and oxygen atoms in total. The number of hydrogen-bond donors (Lipinski definition) is 0. The Morgan fingerprint density at radius 2 is 1.74 bits per heavy atom. The van der Waals surface area contributed by atoms with Crippen LogP contribution in [0.2, 0.25) is 0 Å². The second-order valence-electron chi connectivity index (χ2n) is 7.21. The zero-order valence-corrected chi connectivity index (χ0v) is 17.9. The van der Waals surface area contributed by atoms with Crippen LogP contribution in [0.5, 0.6) is 5.75 Å². The van der Waals surface area contributed by atoms with Crippen LogP contribution in [-0.2, 0) is 18.0 Å². The lowest BCUT2D eigenvalue weighted by Crippen LogP contribution is -2.06. The van der Waals surface area contributed by atoms with E-state index in [9.17, 15) is 4.79 Å². The van der Waals surface area contributed by atoms with Crippen LogP contribution in [0.1, 0.15) is 46.0 Å². The zero-order chi connectivity index (χ0) is 22.1. The van der Waals surface area contributed by atoms with Gasteiger partial charge in [0.1, 0.15) is 19.0 Å². The third-order valence-corrected chi connectivity index (χ3v) is 5.02. The lowest BCUT2D eigenvalue weighted by atomic mass is 10.0. The smallest absolute Gasteiger partial charge is 0.338 e. The Bertz CT molecular complexity index is 1100. The Kier molecular flexibility index (Phi) is 7.67. The molecular weight excluding hydrogens is 384 g/mol. The molecule has 156 valence electrons. The van der Waals surface area contributed by atoms with Crippen molar-refractivity contribution in [3.05, 3.63) is 107 Å². The summed E-state index contributed by atoms with van der Waals surface area (Å²) in [5.41, 5.74) is 5.82. The van der Waals surface area contributed by atoms with Gasteiger partial charge in [0.25, 0.3) is 0 Å². The first kappa shape index (κ1) is 21.9. The molecule has 0 aliphatic rings. The third-order valence-electron chi connectivity index (χ3n) is 5.02. The van der Waals surface area contributed by atoms with Crippen LogP contribution in [0.25, 0.3) is 5.57 Å². The van der Waals surface area contributed by atoms with Crippen molar-refractivity contribution in [2.45, 2.75) is 33.5 Å². The largest absolute Gasteiger partial charge is 0.489 e. The fourth-order valence-electron chi connectivity index (χ4n) is 3.25. The number of terminal acetylenes is 1. The lowest BCUT2D eigenvalue weighted by molar-refractivity contribution is 0.0472. The molecule has 0 fully saturated rings. The number of carbonyl (C=O) groups excluding carboxylic acids is 1. The minimum absolute atomic E-state index is 0.240. The van der Waals surface area contributed by atoms with Crippen LogP contribution in [0.15, 0.2) is 78.9 Å². The fraction of sp³-hybridized carbons (Fsp3) is 0.179. The van der Waals surface area contributed by atoms with Crippen LogP contribution in [0, 0.1) is 19.3 Å². The molecule has 0 radical (unpaired) electrons. The van der Waals surface area contributed by atoms with Gasteiger partial charge in [-0.3, -0.25) is 0 Å². The van der Waals surface area contributed by atoms with Crippen LogP contribution in [0.4, 0.5) is 0 Å². The monoisotopic (exact) mass is 410 g/mol. The molecule has 0 atom stereocenters. The number of carbonyl (C=O) groups is 1. The summed E-state index contributed by atoms with van der Waals surface area (Å²) in [4.78, 5) is 12.1. The lowest BCUT2D eigenvalue weighted by Gasteiger charge is -2.12. The van der Waals surface area contributed by atoms with Crippen molar-refractivity contribution in [1.29, 1.82) is 0 Å². The number of benzene rings is 3. The minimum Gasteiger partial charge on any atom is -0.489 e.